The predicted molar refractivity (Wildman–Crippen MR) is 77.8 cm³/mol. The number of benzene rings is 1. The summed E-state index contributed by atoms with van der Waals surface area (Å²) < 4.78 is 4.66. The number of esters is 1. The number of hydrogen-bond acceptors (Lipinski definition) is 5. The van der Waals surface area contributed by atoms with Crippen LogP contribution in [-0.4, -0.2) is 28.3 Å². The van der Waals surface area contributed by atoms with E-state index in [9.17, 15) is 4.79 Å². The summed E-state index contributed by atoms with van der Waals surface area (Å²) >= 11 is 1.56. The molecule has 0 aliphatic carbocycles. The van der Waals surface area contributed by atoms with E-state index in [-0.39, 0.29) is 5.97 Å². The zero-order valence-electron chi connectivity index (χ0n) is 11.7. The molecular formula is C14H17N3O2S. The van der Waals surface area contributed by atoms with E-state index in [0.717, 1.165) is 22.3 Å². The molecule has 1 N–H and O–H groups in total. The van der Waals surface area contributed by atoms with Gasteiger partial charge in [-0.25, -0.2) is 9.78 Å². The zero-order chi connectivity index (χ0) is 14.5. The van der Waals surface area contributed by atoms with Gasteiger partial charge in [0, 0.05) is 11.7 Å². The summed E-state index contributed by atoms with van der Waals surface area (Å²) in [6.45, 7) is 4.14. The number of carbonyl (C=O) groups is 1. The monoisotopic (exact) mass is 291 g/mol. The molecule has 0 radical (unpaired) electrons. The summed E-state index contributed by atoms with van der Waals surface area (Å²) in [6.07, 6.45) is 0. The molecule has 2 rings (SSSR count). The van der Waals surface area contributed by atoms with Crippen LogP contribution >= 0.6 is 11.8 Å². The lowest BCUT2D eigenvalue weighted by Crippen LogP contribution is -2.00. The third kappa shape index (κ3) is 3.60. The largest absolute Gasteiger partial charge is 0.465 e. The van der Waals surface area contributed by atoms with Gasteiger partial charge in [0.25, 0.3) is 0 Å². The minimum atomic E-state index is -0.320. The zero-order valence-corrected chi connectivity index (χ0v) is 12.5. The fraction of sp³-hybridized carbons (Fsp3) is 0.357. The van der Waals surface area contributed by atoms with Crippen LogP contribution in [0.2, 0.25) is 0 Å². The summed E-state index contributed by atoms with van der Waals surface area (Å²) in [5, 5.41) is 7.84. The molecule has 0 saturated heterocycles. The predicted octanol–water partition coefficient (Wildman–Crippen LogP) is 3.01. The summed E-state index contributed by atoms with van der Waals surface area (Å²) in [4.78, 5) is 15.7. The van der Waals surface area contributed by atoms with Gasteiger partial charge in [-0.3, -0.25) is 5.10 Å². The van der Waals surface area contributed by atoms with Crippen molar-refractivity contribution in [2.24, 2.45) is 0 Å². The molecule has 0 amide bonds. The van der Waals surface area contributed by atoms with Gasteiger partial charge in [-0.15, -0.1) is 5.10 Å². The van der Waals surface area contributed by atoms with Crippen LogP contribution < -0.4 is 0 Å². The Labute approximate surface area is 122 Å². The van der Waals surface area contributed by atoms with Crippen molar-refractivity contribution in [3.63, 3.8) is 0 Å². The molecule has 0 unspecified atom stereocenters. The number of nitrogens with one attached hydrogen (secondary N) is 1. The van der Waals surface area contributed by atoms with Gasteiger partial charge in [0.15, 0.2) is 0 Å². The Morgan fingerprint density at radius 1 is 1.35 bits per heavy atom. The number of thioether (sulfide) groups is 1. The normalized spacial score (nSPS) is 10.8. The number of nitrogens with zero attached hydrogens (tertiary/aromatic N) is 2. The van der Waals surface area contributed by atoms with Crippen molar-refractivity contribution < 1.29 is 9.53 Å². The summed E-state index contributed by atoms with van der Waals surface area (Å²) in [5.74, 6) is 1.68. The van der Waals surface area contributed by atoms with Gasteiger partial charge in [0.1, 0.15) is 5.82 Å². The second-order valence-electron chi connectivity index (χ2n) is 4.64. The molecule has 0 saturated carbocycles. The van der Waals surface area contributed by atoms with E-state index in [1.54, 1.807) is 23.9 Å². The SMILES string of the molecule is COC(=O)c1ccc(CSc2n[nH]c(C(C)C)n2)cc1. The van der Waals surface area contributed by atoms with Crippen LogP contribution in [0.25, 0.3) is 0 Å². The number of hydrogen-bond donors (Lipinski definition) is 1. The Morgan fingerprint density at radius 2 is 2.05 bits per heavy atom. The fourth-order valence-electron chi connectivity index (χ4n) is 1.58. The smallest absolute Gasteiger partial charge is 0.337 e. The molecule has 6 heteroatoms. The van der Waals surface area contributed by atoms with E-state index < -0.39 is 0 Å². The third-order valence-corrected chi connectivity index (χ3v) is 3.69. The number of aromatic nitrogens is 3. The molecular weight excluding hydrogens is 274 g/mol. The summed E-state index contributed by atoms with van der Waals surface area (Å²) in [7, 11) is 1.38. The first-order chi connectivity index (χ1) is 9.60. The molecule has 0 atom stereocenters. The number of methoxy groups -OCH3 is 1. The van der Waals surface area contributed by atoms with Crippen LogP contribution in [0.3, 0.4) is 0 Å². The Hall–Kier alpha value is -1.82. The fourth-order valence-corrected chi connectivity index (χ4v) is 2.34. The number of aromatic amines is 1. The Balaban J connectivity index is 1.95. The number of H-pyrrole nitrogens is 1. The topological polar surface area (TPSA) is 67.9 Å². The molecule has 0 spiro atoms. The standard InChI is InChI=1S/C14H17N3O2S/c1-9(2)12-15-14(17-16-12)20-8-10-4-6-11(7-5-10)13(18)19-3/h4-7,9H,8H2,1-3H3,(H,15,16,17). The highest BCUT2D eigenvalue weighted by atomic mass is 32.2. The van der Waals surface area contributed by atoms with Crippen LogP contribution in [0.4, 0.5) is 0 Å². The van der Waals surface area contributed by atoms with Crippen LogP contribution in [0, 0.1) is 0 Å². The molecule has 0 aliphatic rings. The van der Waals surface area contributed by atoms with Gasteiger partial charge in [-0.05, 0) is 17.7 Å². The molecule has 0 bridgehead atoms. The molecule has 1 aromatic carbocycles. The van der Waals surface area contributed by atoms with Crippen LogP contribution in [-0.2, 0) is 10.5 Å². The van der Waals surface area contributed by atoms with Crippen molar-refractivity contribution >= 4 is 17.7 Å². The van der Waals surface area contributed by atoms with Crippen LogP contribution in [0.15, 0.2) is 29.4 Å². The molecule has 1 heterocycles. The lowest BCUT2D eigenvalue weighted by molar-refractivity contribution is 0.0600. The second-order valence-corrected chi connectivity index (χ2v) is 5.58. The molecule has 20 heavy (non-hydrogen) atoms. The van der Waals surface area contributed by atoms with Crippen molar-refractivity contribution in [1.29, 1.82) is 0 Å². The van der Waals surface area contributed by atoms with E-state index in [4.69, 9.17) is 0 Å². The van der Waals surface area contributed by atoms with Gasteiger partial charge in [-0.2, -0.15) is 0 Å². The molecule has 5 nitrogen and oxygen atoms in total. The van der Waals surface area contributed by atoms with Crippen molar-refractivity contribution in [2.75, 3.05) is 7.11 Å². The van der Waals surface area contributed by atoms with E-state index in [1.807, 2.05) is 12.1 Å². The number of carbonyl (C=O) groups excluding carboxylic acids is 1. The molecule has 106 valence electrons. The summed E-state index contributed by atoms with van der Waals surface area (Å²) in [6, 6.07) is 7.35. The Kier molecular flexibility index (Phi) is 4.79. The van der Waals surface area contributed by atoms with Crippen LogP contribution in [0.1, 0.15) is 41.5 Å². The number of rotatable bonds is 5. The Bertz CT molecular complexity index is 578. The molecule has 0 fully saturated rings. The lowest BCUT2D eigenvalue weighted by Gasteiger charge is -2.01. The average molecular weight is 291 g/mol. The van der Waals surface area contributed by atoms with Gasteiger partial charge in [-0.1, -0.05) is 37.7 Å². The first-order valence-electron chi connectivity index (χ1n) is 6.32. The Morgan fingerprint density at radius 3 is 2.60 bits per heavy atom. The highest BCUT2D eigenvalue weighted by molar-refractivity contribution is 7.98. The molecule has 1 aromatic heterocycles. The van der Waals surface area contributed by atoms with Crippen molar-refractivity contribution in [3.8, 4) is 0 Å². The van der Waals surface area contributed by atoms with Gasteiger partial charge in [0.2, 0.25) is 5.16 Å². The van der Waals surface area contributed by atoms with Gasteiger partial charge in [0.05, 0.1) is 12.7 Å². The highest BCUT2D eigenvalue weighted by Gasteiger charge is 2.08. The first kappa shape index (κ1) is 14.6. The first-order valence-corrected chi connectivity index (χ1v) is 7.31. The van der Waals surface area contributed by atoms with E-state index in [0.29, 0.717) is 11.5 Å². The molecule has 2 aromatic rings. The van der Waals surface area contributed by atoms with Crippen molar-refractivity contribution in [1.82, 2.24) is 15.2 Å². The van der Waals surface area contributed by atoms with Crippen molar-refractivity contribution in [3.05, 3.63) is 41.2 Å². The quantitative estimate of drug-likeness (QED) is 0.677. The van der Waals surface area contributed by atoms with Crippen molar-refractivity contribution in [2.45, 2.75) is 30.7 Å². The van der Waals surface area contributed by atoms with E-state index in [1.165, 1.54) is 7.11 Å². The van der Waals surface area contributed by atoms with E-state index in [2.05, 4.69) is 33.8 Å². The maximum absolute atomic E-state index is 11.3. The van der Waals surface area contributed by atoms with Crippen LogP contribution in [0.5, 0.6) is 0 Å². The van der Waals surface area contributed by atoms with E-state index >= 15 is 0 Å². The maximum Gasteiger partial charge on any atom is 0.337 e. The second kappa shape index (κ2) is 6.56. The minimum absolute atomic E-state index is 0.320. The van der Waals surface area contributed by atoms with Gasteiger partial charge >= 0.3 is 5.97 Å². The maximum atomic E-state index is 11.3. The third-order valence-electron chi connectivity index (χ3n) is 2.77. The number of ether oxygens (including phenoxy) is 1. The van der Waals surface area contributed by atoms with Gasteiger partial charge < -0.3 is 4.74 Å². The minimum Gasteiger partial charge on any atom is -0.465 e. The lowest BCUT2D eigenvalue weighted by atomic mass is 10.1. The highest BCUT2D eigenvalue weighted by Crippen LogP contribution is 2.21. The summed E-state index contributed by atoms with van der Waals surface area (Å²) in [5.41, 5.74) is 1.67. The molecule has 0 aliphatic heterocycles. The average Bonchev–Trinajstić information content (AvgIpc) is 2.94.